The van der Waals surface area contributed by atoms with Crippen LogP contribution in [0.5, 0.6) is 0 Å². The molecule has 1 aliphatic heterocycles. The van der Waals surface area contributed by atoms with Crippen molar-refractivity contribution in [1.82, 2.24) is 5.16 Å². The minimum absolute atomic E-state index is 0.120. The fraction of sp³-hybridized carbons (Fsp3) is 0.278. The van der Waals surface area contributed by atoms with Gasteiger partial charge in [-0.25, -0.2) is 0 Å². The molecule has 1 aliphatic rings. The number of benzene rings is 1. The van der Waals surface area contributed by atoms with E-state index in [1.807, 2.05) is 12.1 Å². The lowest BCUT2D eigenvalue weighted by Gasteiger charge is -2.29. The van der Waals surface area contributed by atoms with Crippen LogP contribution >= 0.6 is 0 Å². The molecular formula is C18H19N3O3. The summed E-state index contributed by atoms with van der Waals surface area (Å²) in [6.07, 6.45) is 3.02. The van der Waals surface area contributed by atoms with Crippen LogP contribution < -0.4 is 9.80 Å². The molecular weight excluding hydrogens is 306 g/mol. The second-order valence-corrected chi connectivity index (χ2v) is 5.80. The maximum atomic E-state index is 12.7. The topological polar surface area (TPSA) is 66.7 Å². The van der Waals surface area contributed by atoms with Gasteiger partial charge in [0.15, 0.2) is 5.82 Å². The van der Waals surface area contributed by atoms with Crippen LogP contribution in [-0.4, -0.2) is 30.6 Å². The maximum absolute atomic E-state index is 12.7. The molecule has 24 heavy (non-hydrogen) atoms. The minimum atomic E-state index is -0.168. The number of amides is 2. The molecule has 0 spiro atoms. The standard InChI is InChI=1S/C18H19N3O3/c1-4-17(22)21-9-5-6-13-11-14(7-8-15(13)21)18(23)20(3)16-10-12(2)24-19-16/h4,7-8,10-11H,1,5-6,9H2,2-3H3. The summed E-state index contributed by atoms with van der Waals surface area (Å²) in [7, 11) is 1.66. The van der Waals surface area contributed by atoms with Gasteiger partial charge in [-0.15, -0.1) is 0 Å². The monoisotopic (exact) mass is 325 g/mol. The van der Waals surface area contributed by atoms with Gasteiger partial charge in [-0.2, -0.15) is 0 Å². The summed E-state index contributed by atoms with van der Waals surface area (Å²) >= 11 is 0. The molecule has 6 nitrogen and oxygen atoms in total. The number of rotatable bonds is 3. The lowest BCUT2D eigenvalue weighted by Crippen LogP contribution is -2.34. The molecule has 3 rings (SSSR count). The zero-order valence-corrected chi connectivity index (χ0v) is 13.8. The van der Waals surface area contributed by atoms with Gasteiger partial charge in [0.1, 0.15) is 5.76 Å². The Labute approximate surface area is 140 Å². The van der Waals surface area contributed by atoms with Gasteiger partial charge in [-0.1, -0.05) is 11.7 Å². The van der Waals surface area contributed by atoms with E-state index in [0.717, 1.165) is 24.1 Å². The van der Waals surface area contributed by atoms with Crippen molar-refractivity contribution >= 4 is 23.3 Å². The molecule has 0 aliphatic carbocycles. The van der Waals surface area contributed by atoms with Crippen molar-refractivity contribution in [1.29, 1.82) is 0 Å². The number of hydrogen-bond acceptors (Lipinski definition) is 4. The number of hydrogen-bond donors (Lipinski definition) is 0. The molecule has 124 valence electrons. The Bertz CT molecular complexity index is 810. The first kappa shape index (κ1) is 16.0. The Morgan fingerprint density at radius 3 is 2.83 bits per heavy atom. The van der Waals surface area contributed by atoms with Crippen molar-refractivity contribution in [2.24, 2.45) is 0 Å². The Morgan fingerprint density at radius 1 is 1.38 bits per heavy atom. The highest BCUT2D eigenvalue weighted by molar-refractivity contribution is 6.06. The third kappa shape index (κ3) is 2.82. The fourth-order valence-corrected chi connectivity index (χ4v) is 2.88. The predicted molar refractivity (Wildman–Crippen MR) is 91.3 cm³/mol. The fourth-order valence-electron chi connectivity index (χ4n) is 2.88. The largest absolute Gasteiger partial charge is 0.360 e. The van der Waals surface area contributed by atoms with E-state index in [2.05, 4.69) is 11.7 Å². The first-order chi connectivity index (χ1) is 11.5. The van der Waals surface area contributed by atoms with Gasteiger partial charge in [0.2, 0.25) is 5.91 Å². The predicted octanol–water partition coefficient (Wildman–Crippen LogP) is 2.72. The highest BCUT2D eigenvalue weighted by atomic mass is 16.5. The highest BCUT2D eigenvalue weighted by Crippen LogP contribution is 2.29. The lowest BCUT2D eigenvalue weighted by atomic mass is 9.98. The molecule has 0 N–H and O–H groups in total. The summed E-state index contributed by atoms with van der Waals surface area (Å²) in [5.41, 5.74) is 2.40. The lowest BCUT2D eigenvalue weighted by molar-refractivity contribution is -0.114. The Morgan fingerprint density at radius 2 is 2.17 bits per heavy atom. The third-order valence-electron chi connectivity index (χ3n) is 4.15. The van der Waals surface area contributed by atoms with E-state index in [-0.39, 0.29) is 11.8 Å². The molecule has 1 aromatic heterocycles. The van der Waals surface area contributed by atoms with E-state index >= 15 is 0 Å². The highest BCUT2D eigenvalue weighted by Gasteiger charge is 2.23. The normalized spacial score (nSPS) is 13.3. The van der Waals surface area contributed by atoms with Gasteiger partial charge in [0, 0.05) is 30.9 Å². The number of carbonyl (C=O) groups is 2. The number of fused-ring (bicyclic) bond motifs is 1. The molecule has 0 bridgehead atoms. The van der Waals surface area contributed by atoms with Gasteiger partial charge in [-0.3, -0.25) is 14.5 Å². The molecule has 0 saturated carbocycles. The molecule has 1 aromatic carbocycles. The second-order valence-electron chi connectivity index (χ2n) is 5.80. The number of anilines is 2. The van der Waals surface area contributed by atoms with E-state index < -0.39 is 0 Å². The summed E-state index contributed by atoms with van der Waals surface area (Å²) < 4.78 is 5.02. The van der Waals surface area contributed by atoms with Crippen LogP contribution in [0.3, 0.4) is 0 Å². The summed E-state index contributed by atoms with van der Waals surface area (Å²) in [5.74, 6) is 0.829. The molecule has 0 unspecified atom stereocenters. The molecule has 2 amide bonds. The van der Waals surface area contributed by atoms with Crippen LogP contribution in [0.15, 0.2) is 41.4 Å². The van der Waals surface area contributed by atoms with Crippen LogP contribution in [0.25, 0.3) is 0 Å². The average molecular weight is 325 g/mol. The Hall–Kier alpha value is -2.89. The third-order valence-corrected chi connectivity index (χ3v) is 4.15. The number of aryl methyl sites for hydroxylation is 2. The van der Waals surface area contributed by atoms with Crippen molar-refractivity contribution in [3.05, 3.63) is 53.8 Å². The van der Waals surface area contributed by atoms with Crippen LogP contribution in [0.4, 0.5) is 11.5 Å². The van der Waals surface area contributed by atoms with Crippen LogP contribution in [-0.2, 0) is 11.2 Å². The van der Waals surface area contributed by atoms with Crippen LogP contribution in [0.1, 0.15) is 28.1 Å². The zero-order valence-electron chi connectivity index (χ0n) is 13.8. The molecule has 0 radical (unpaired) electrons. The molecule has 2 aromatic rings. The van der Waals surface area contributed by atoms with Crippen molar-refractivity contribution in [2.75, 3.05) is 23.4 Å². The molecule has 2 heterocycles. The van der Waals surface area contributed by atoms with Gasteiger partial charge >= 0.3 is 0 Å². The number of aromatic nitrogens is 1. The second kappa shape index (κ2) is 6.31. The summed E-state index contributed by atoms with van der Waals surface area (Å²) in [6, 6.07) is 7.12. The van der Waals surface area contributed by atoms with E-state index in [9.17, 15) is 9.59 Å². The van der Waals surface area contributed by atoms with Crippen molar-refractivity contribution in [2.45, 2.75) is 19.8 Å². The smallest absolute Gasteiger partial charge is 0.259 e. The van der Waals surface area contributed by atoms with Crippen LogP contribution in [0, 0.1) is 6.92 Å². The maximum Gasteiger partial charge on any atom is 0.259 e. The minimum Gasteiger partial charge on any atom is -0.360 e. The van der Waals surface area contributed by atoms with Gasteiger partial charge < -0.3 is 9.42 Å². The number of carbonyl (C=O) groups excluding carboxylic acids is 2. The van der Waals surface area contributed by atoms with E-state index in [0.29, 0.717) is 23.7 Å². The van der Waals surface area contributed by atoms with Gasteiger partial charge in [0.25, 0.3) is 5.91 Å². The van der Waals surface area contributed by atoms with Gasteiger partial charge in [0.05, 0.1) is 0 Å². The Balaban J connectivity index is 1.89. The van der Waals surface area contributed by atoms with Crippen molar-refractivity contribution in [3.63, 3.8) is 0 Å². The summed E-state index contributed by atoms with van der Waals surface area (Å²) in [6.45, 7) is 5.99. The molecule has 0 atom stereocenters. The summed E-state index contributed by atoms with van der Waals surface area (Å²) in [4.78, 5) is 27.8. The summed E-state index contributed by atoms with van der Waals surface area (Å²) in [5, 5.41) is 3.86. The average Bonchev–Trinajstić information content (AvgIpc) is 3.05. The quantitative estimate of drug-likeness (QED) is 0.814. The van der Waals surface area contributed by atoms with E-state index in [4.69, 9.17) is 4.52 Å². The van der Waals surface area contributed by atoms with Crippen LogP contribution in [0.2, 0.25) is 0 Å². The first-order valence-corrected chi connectivity index (χ1v) is 7.79. The molecule has 6 heteroatoms. The zero-order chi connectivity index (χ0) is 17.3. The first-order valence-electron chi connectivity index (χ1n) is 7.79. The van der Waals surface area contributed by atoms with E-state index in [1.54, 1.807) is 31.0 Å². The SMILES string of the molecule is C=CC(=O)N1CCCc2cc(C(=O)N(C)c3cc(C)on3)ccc21. The molecule has 0 fully saturated rings. The van der Waals surface area contributed by atoms with E-state index in [1.165, 1.54) is 11.0 Å². The van der Waals surface area contributed by atoms with Gasteiger partial charge in [-0.05, 0) is 49.6 Å². The number of nitrogens with zero attached hydrogens (tertiary/aromatic N) is 3. The van der Waals surface area contributed by atoms with Crippen molar-refractivity contribution in [3.8, 4) is 0 Å². The Kier molecular flexibility index (Phi) is 4.20. The molecule has 0 saturated heterocycles. The van der Waals surface area contributed by atoms with Crippen molar-refractivity contribution < 1.29 is 14.1 Å².